The molecule has 6 rings (SSSR count). The van der Waals surface area contributed by atoms with Crippen LogP contribution in [0.5, 0.6) is 0 Å². The molecule has 4 heterocycles. The molecule has 8 nitrogen and oxygen atoms in total. The van der Waals surface area contributed by atoms with E-state index < -0.39 is 0 Å². The molecular weight excluding hydrogens is 472 g/mol. The Morgan fingerprint density at radius 2 is 2.00 bits per heavy atom. The summed E-state index contributed by atoms with van der Waals surface area (Å²) in [5, 5.41) is 4.71. The molecule has 0 saturated carbocycles. The molecule has 0 spiro atoms. The van der Waals surface area contributed by atoms with Crippen molar-refractivity contribution in [1.29, 1.82) is 0 Å². The lowest BCUT2D eigenvalue weighted by Gasteiger charge is -2.37. The van der Waals surface area contributed by atoms with E-state index in [1.54, 1.807) is 17.7 Å². The highest BCUT2D eigenvalue weighted by molar-refractivity contribution is 7.19. The van der Waals surface area contributed by atoms with Crippen LogP contribution >= 0.6 is 11.3 Å². The van der Waals surface area contributed by atoms with Gasteiger partial charge in [-0.25, -0.2) is 9.97 Å². The first-order valence-electron chi connectivity index (χ1n) is 12.7. The Hall–Kier alpha value is -3.04. The van der Waals surface area contributed by atoms with Gasteiger partial charge >= 0.3 is 0 Å². The van der Waals surface area contributed by atoms with E-state index in [2.05, 4.69) is 51.4 Å². The van der Waals surface area contributed by atoms with Gasteiger partial charge in [0.2, 0.25) is 5.91 Å². The van der Waals surface area contributed by atoms with E-state index in [-0.39, 0.29) is 24.0 Å². The maximum absolute atomic E-state index is 13.4. The summed E-state index contributed by atoms with van der Waals surface area (Å²) in [6.45, 7) is 6.18. The standard InChI is InChI=1S/C27H32N6O2S/c1-15-12-33(13-16(2)35-15)27(34)17-5-6-20-23(9-17)36-26-24(20)25(29-14-30-26)31-21-7-18-10-28-11-19(18)8-22(21)32(3)4/h7-8,10,14-17H,5-6,9,11-13H2,1-4H3,(H,29,30,31)/t15-,16-,17+/m1/s1. The van der Waals surface area contributed by atoms with Gasteiger partial charge in [-0.2, -0.15) is 0 Å². The number of nitrogens with zero attached hydrogens (tertiary/aromatic N) is 5. The maximum Gasteiger partial charge on any atom is 0.226 e. The Labute approximate surface area is 215 Å². The Bertz CT molecular complexity index is 1360. The van der Waals surface area contributed by atoms with Crippen LogP contribution in [0.25, 0.3) is 10.2 Å². The first-order chi connectivity index (χ1) is 17.4. The first kappa shape index (κ1) is 23.4. The molecule has 188 valence electrons. The molecule has 0 radical (unpaired) electrons. The molecule has 36 heavy (non-hydrogen) atoms. The second kappa shape index (κ2) is 9.12. The number of hydrogen-bond donors (Lipinski definition) is 1. The molecule has 3 aromatic rings. The fourth-order valence-corrected chi connectivity index (χ4v) is 7.04. The zero-order valence-corrected chi connectivity index (χ0v) is 22.1. The first-order valence-corrected chi connectivity index (χ1v) is 13.5. The summed E-state index contributed by atoms with van der Waals surface area (Å²) < 4.78 is 5.84. The number of aromatic nitrogens is 2. The number of rotatable bonds is 4. The molecule has 0 unspecified atom stereocenters. The van der Waals surface area contributed by atoms with Crippen LogP contribution in [0.15, 0.2) is 23.5 Å². The quantitative estimate of drug-likeness (QED) is 0.574. The summed E-state index contributed by atoms with van der Waals surface area (Å²) >= 11 is 1.71. The molecule has 2 aliphatic heterocycles. The summed E-state index contributed by atoms with van der Waals surface area (Å²) in [4.78, 5) is 33.5. The number of hydrogen-bond acceptors (Lipinski definition) is 8. The van der Waals surface area contributed by atoms with Crippen LogP contribution < -0.4 is 10.2 Å². The van der Waals surface area contributed by atoms with Crippen LogP contribution in [-0.2, 0) is 28.9 Å². The summed E-state index contributed by atoms with van der Waals surface area (Å²) in [5.41, 5.74) is 5.79. The number of aryl methyl sites for hydroxylation is 1. The van der Waals surface area contributed by atoms with Crippen LogP contribution in [0.2, 0.25) is 0 Å². The smallest absolute Gasteiger partial charge is 0.226 e. The minimum Gasteiger partial charge on any atom is -0.376 e. The zero-order valence-electron chi connectivity index (χ0n) is 21.2. The molecule has 1 aromatic carbocycles. The van der Waals surface area contributed by atoms with Crippen LogP contribution in [0.4, 0.5) is 17.2 Å². The average molecular weight is 505 g/mol. The van der Waals surface area contributed by atoms with Crippen LogP contribution in [0, 0.1) is 5.92 Å². The van der Waals surface area contributed by atoms with Gasteiger partial charge in [0.1, 0.15) is 17.0 Å². The minimum absolute atomic E-state index is 0.0174. The van der Waals surface area contributed by atoms with Gasteiger partial charge in [-0.05, 0) is 61.9 Å². The predicted octanol–water partition coefficient (Wildman–Crippen LogP) is 4.17. The van der Waals surface area contributed by atoms with Gasteiger partial charge < -0.3 is 19.9 Å². The SMILES string of the molecule is C[C@@H]1CN(C(=O)[C@H]2CCc3c(sc4ncnc(Nc5cc6c(cc5N(C)C)CN=C6)c34)C2)C[C@@H](C)O1. The highest BCUT2D eigenvalue weighted by Gasteiger charge is 2.34. The third kappa shape index (κ3) is 4.14. The highest BCUT2D eigenvalue weighted by atomic mass is 32.1. The number of benzene rings is 1. The van der Waals surface area contributed by atoms with E-state index in [1.807, 2.05) is 25.0 Å². The molecule has 1 amide bonds. The van der Waals surface area contributed by atoms with Crippen molar-refractivity contribution in [1.82, 2.24) is 14.9 Å². The van der Waals surface area contributed by atoms with Crippen molar-refractivity contribution in [3.05, 3.63) is 40.0 Å². The Balaban J connectivity index is 1.30. The number of nitrogens with one attached hydrogen (secondary N) is 1. The number of morpholine rings is 1. The fourth-order valence-electron chi connectivity index (χ4n) is 5.78. The number of amides is 1. The Morgan fingerprint density at radius 3 is 2.78 bits per heavy atom. The molecule has 2 aromatic heterocycles. The van der Waals surface area contributed by atoms with Crippen LogP contribution in [0.3, 0.4) is 0 Å². The average Bonchev–Trinajstić information content (AvgIpc) is 3.46. The number of anilines is 3. The lowest BCUT2D eigenvalue weighted by atomic mass is 9.86. The topological polar surface area (TPSA) is 83.0 Å². The van der Waals surface area contributed by atoms with Crippen molar-refractivity contribution in [3.8, 4) is 0 Å². The number of aliphatic imine (C=N–C) groups is 1. The number of carbonyl (C=O) groups excluding carboxylic acids is 1. The normalized spacial score (nSPS) is 23.0. The van der Waals surface area contributed by atoms with Gasteiger partial charge in [0.25, 0.3) is 0 Å². The molecule has 1 N–H and O–H groups in total. The number of thiophene rings is 1. The van der Waals surface area contributed by atoms with Gasteiger partial charge in [0, 0.05) is 44.2 Å². The molecule has 3 aliphatic rings. The van der Waals surface area contributed by atoms with Crippen molar-refractivity contribution in [2.75, 3.05) is 37.4 Å². The largest absolute Gasteiger partial charge is 0.376 e. The van der Waals surface area contributed by atoms with Gasteiger partial charge in [-0.15, -0.1) is 11.3 Å². The third-order valence-corrected chi connectivity index (χ3v) is 8.57. The number of ether oxygens (including phenoxy) is 1. The van der Waals surface area contributed by atoms with Crippen molar-refractivity contribution >= 4 is 50.9 Å². The van der Waals surface area contributed by atoms with E-state index in [0.717, 1.165) is 58.8 Å². The van der Waals surface area contributed by atoms with Crippen LogP contribution in [0.1, 0.15) is 41.8 Å². The van der Waals surface area contributed by atoms with Gasteiger partial charge in [-0.3, -0.25) is 9.79 Å². The minimum atomic E-state index is 0.0174. The van der Waals surface area contributed by atoms with Crippen molar-refractivity contribution in [2.24, 2.45) is 10.9 Å². The molecule has 1 saturated heterocycles. The summed E-state index contributed by atoms with van der Waals surface area (Å²) in [5.74, 6) is 1.11. The summed E-state index contributed by atoms with van der Waals surface area (Å²) in [6.07, 6.45) is 6.23. The third-order valence-electron chi connectivity index (χ3n) is 7.41. The molecular formula is C27H32N6O2S. The van der Waals surface area contributed by atoms with E-state index >= 15 is 0 Å². The van der Waals surface area contributed by atoms with Crippen molar-refractivity contribution < 1.29 is 9.53 Å². The van der Waals surface area contributed by atoms with Gasteiger partial charge in [0.05, 0.1) is 35.5 Å². The maximum atomic E-state index is 13.4. The van der Waals surface area contributed by atoms with E-state index in [9.17, 15) is 4.79 Å². The monoisotopic (exact) mass is 504 g/mol. The van der Waals surface area contributed by atoms with E-state index in [1.165, 1.54) is 16.0 Å². The lowest BCUT2D eigenvalue weighted by Crippen LogP contribution is -2.50. The predicted molar refractivity (Wildman–Crippen MR) is 145 cm³/mol. The molecule has 0 bridgehead atoms. The summed E-state index contributed by atoms with van der Waals surface area (Å²) in [6, 6.07) is 4.36. The number of carbonyl (C=O) groups is 1. The van der Waals surface area contributed by atoms with Crippen molar-refractivity contribution in [3.63, 3.8) is 0 Å². The highest BCUT2D eigenvalue weighted by Crippen LogP contribution is 2.42. The van der Waals surface area contributed by atoms with Crippen LogP contribution in [-0.4, -0.2) is 66.4 Å². The molecule has 3 atom stereocenters. The fraction of sp³-hybridized carbons (Fsp3) is 0.481. The number of fused-ring (bicyclic) bond motifs is 4. The second-order valence-corrected chi connectivity index (χ2v) is 11.5. The zero-order chi connectivity index (χ0) is 25.0. The Morgan fingerprint density at radius 1 is 1.19 bits per heavy atom. The second-order valence-electron chi connectivity index (χ2n) is 10.4. The van der Waals surface area contributed by atoms with E-state index in [0.29, 0.717) is 13.1 Å². The Kier molecular flexibility index (Phi) is 5.92. The molecule has 9 heteroatoms. The molecule has 1 aliphatic carbocycles. The lowest BCUT2D eigenvalue weighted by molar-refractivity contribution is -0.147. The molecule has 1 fully saturated rings. The van der Waals surface area contributed by atoms with Gasteiger partial charge in [0.15, 0.2) is 0 Å². The summed E-state index contributed by atoms with van der Waals surface area (Å²) in [7, 11) is 4.11. The van der Waals surface area contributed by atoms with Crippen molar-refractivity contribution in [2.45, 2.75) is 51.9 Å². The van der Waals surface area contributed by atoms with Gasteiger partial charge in [-0.1, -0.05) is 0 Å². The van der Waals surface area contributed by atoms with E-state index in [4.69, 9.17) is 4.74 Å².